The van der Waals surface area contributed by atoms with E-state index in [2.05, 4.69) is 27.3 Å². The van der Waals surface area contributed by atoms with Crippen molar-refractivity contribution in [3.05, 3.63) is 33.8 Å². The number of rotatable bonds is 2. The van der Waals surface area contributed by atoms with Crippen LogP contribution in [0.4, 0.5) is 0 Å². The number of nitrogens with one attached hydrogen (secondary N) is 1. The van der Waals surface area contributed by atoms with Gasteiger partial charge in [0.1, 0.15) is 6.04 Å². The van der Waals surface area contributed by atoms with Crippen LogP contribution in [0.1, 0.15) is 17.2 Å². The van der Waals surface area contributed by atoms with Gasteiger partial charge in [-0.15, -0.1) is 6.42 Å². The molecule has 0 aliphatic heterocycles. The highest BCUT2D eigenvalue weighted by atomic mass is 79.9. The van der Waals surface area contributed by atoms with Crippen LogP contribution in [0.3, 0.4) is 0 Å². The predicted molar refractivity (Wildman–Crippen MR) is 57.8 cm³/mol. The molecular weight excluding hydrogens is 228 g/mol. The first kappa shape index (κ1) is 10.3. The lowest BCUT2D eigenvalue weighted by atomic mass is 10.1. The van der Waals surface area contributed by atoms with Gasteiger partial charge in [-0.1, -0.05) is 39.5 Å². The Morgan fingerprint density at radius 1 is 1.62 bits per heavy atom. The maximum Gasteiger partial charge on any atom is 0.108 e. The Hall–Kier alpha value is -0.820. The molecule has 2 nitrogen and oxygen atoms in total. The zero-order valence-corrected chi connectivity index (χ0v) is 8.93. The summed E-state index contributed by atoms with van der Waals surface area (Å²) in [6.45, 7) is 2.01. The molecule has 0 saturated heterocycles. The molecule has 68 valence electrons. The summed E-state index contributed by atoms with van der Waals surface area (Å²) in [7, 11) is 0. The minimum Gasteiger partial charge on any atom is -0.270 e. The van der Waals surface area contributed by atoms with Gasteiger partial charge in [-0.05, 0) is 18.6 Å². The zero-order chi connectivity index (χ0) is 9.84. The Labute approximate surface area is 86.6 Å². The van der Waals surface area contributed by atoms with E-state index in [4.69, 9.17) is 12.3 Å². The van der Waals surface area contributed by atoms with E-state index in [9.17, 15) is 0 Å². The Balaban J connectivity index is 3.13. The molecule has 0 amide bonds. The van der Waals surface area contributed by atoms with E-state index in [1.165, 1.54) is 0 Å². The molecule has 0 heterocycles. The number of hydrogen-bond acceptors (Lipinski definition) is 2. The van der Waals surface area contributed by atoms with Crippen LogP contribution < -0.4 is 11.3 Å². The molecule has 1 aromatic carbocycles. The van der Waals surface area contributed by atoms with Crippen LogP contribution in [0, 0.1) is 19.3 Å². The molecule has 0 aliphatic rings. The maximum atomic E-state index is 5.32. The van der Waals surface area contributed by atoms with E-state index in [0.29, 0.717) is 0 Å². The van der Waals surface area contributed by atoms with Crippen molar-refractivity contribution in [3.63, 3.8) is 0 Å². The number of hydrogen-bond donors (Lipinski definition) is 2. The zero-order valence-electron chi connectivity index (χ0n) is 7.34. The molecule has 13 heavy (non-hydrogen) atoms. The van der Waals surface area contributed by atoms with Crippen LogP contribution in [0.15, 0.2) is 22.7 Å². The summed E-state index contributed by atoms with van der Waals surface area (Å²) < 4.78 is 0.971. The second kappa shape index (κ2) is 4.43. The molecule has 0 radical (unpaired) electrons. The number of hydrazine groups is 1. The monoisotopic (exact) mass is 238 g/mol. The molecule has 0 fully saturated rings. The molecule has 1 aromatic rings. The largest absolute Gasteiger partial charge is 0.270 e. The fraction of sp³-hybridized carbons (Fsp3) is 0.200. The third-order valence-electron chi connectivity index (χ3n) is 1.80. The van der Waals surface area contributed by atoms with Crippen molar-refractivity contribution in [2.24, 2.45) is 5.84 Å². The molecular formula is C10H11BrN2. The minimum atomic E-state index is -0.241. The van der Waals surface area contributed by atoms with E-state index in [0.717, 1.165) is 15.6 Å². The SMILES string of the molecule is C#CC(NN)c1cc(C)ccc1Br. The fourth-order valence-corrected chi connectivity index (χ4v) is 1.59. The van der Waals surface area contributed by atoms with Crippen LogP contribution in [-0.4, -0.2) is 0 Å². The van der Waals surface area contributed by atoms with Crippen LogP contribution in [0.2, 0.25) is 0 Å². The summed E-state index contributed by atoms with van der Waals surface area (Å²) >= 11 is 3.42. The second-order valence-corrected chi connectivity index (χ2v) is 3.65. The van der Waals surface area contributed by atoms with Gasteiger partial charge in [0.05, 0.1) is 0 Å². The Morgan fingerprint density at radius 3 is 2.85 bits per heavy atom. The van der Waals surface area contributed by atoms with Crippen LogP contribution in [0.25, 0.3) is 0 Å². The van der Waals surface area contributed by atoms with Gasteiger partial charge < -0.3 is 0 Å². The first-order chi connectivity index (χ1) is 6.19. The molecule has 1 unspecified atom stereocenters. The van der Waals surface area contributed by atoms with Gasteiger partial charge in [-0.2, -0.15) is 0 Å². The van der Waals surface area contributed by atoms with Gasteiger partial charge >= 0.3 is 0 Å². The topological polar surface area (TPSA) is 38.0 Å². The van der Waals surface area contributed by atoms with E-state index < -0.39 is 0 Å². The molecule has 3 heteroatoms. The highest BCUT2D eigenvalue weighted by Gasteiger charge is 2.09. The maximum absolute atomic E-state index is 5.32. The van der Waals surface area contributed by atoms with Gasteiger partial charge in [-0.3, -0.25) is 5.84 Å². The van der Waals surface area contributed by atoms with Gasteiger partial charge in [0, 0.05) is 4.47 Å². The van der Waals surface area contributed by atoms with E-state index in [-0.39, 0.29) is 6.04 Å². The number of nitrogens with two attached hydrogens (primary N) is 1. The third-order valence-corrected chi connectivity index (χ3v) is 2.52. The highest BCUT2D eigenvalue weighted by Crippen LogP contribution is 2.23. The second-order valence-electron chi connectivity index (χ2n) is 2.79. The number of halogens is 1. The average Bonchev–Trinajstić information content (AvgIpc) is 2.13. The standard InChI is InChI=1S/C10H11BrN2/c1-3-10(13-12)8-6-7(2)4-5-9(8)11/h1,4-6,10,13H,12H2,2H3. The van der Waals surface area contributed by atoms with Gasteiger partial charge in [0.2, 0.25) is 0 Å². The van der Waals surface area contributed by atoms with E-state index >= 15 is 0 Å². The van der Waals surface area contributed by atoms with Crippen LogP contribution in [-0.2, 0) is 0 Å². The molecule has 0 aromatic heterocycles. The van der Waals surface area contributed by atoms with Crippen LogP contribution in [0.5, 0.6) is 0 Å². The molecule has 0 saturated carbocycles. The quantitative estimate of drug-likeness (QED) is 0.470. The number of aryl methyl sites for hydroxylation is 1. The Kier molecular flexibility index (Phi) is 3.49. The van der Waals surface area contributed by atoms with Gasteiger partial charge in [0.25, 0.3) is 0 Å². The lowest BCUT2D eigenvalue weighted by Gasteiger charge is -2.12. The van der Waals surface area contributed by atoms with Crippen molar-refractivity contribution in [2.75, 3.05) is 0 Å². The molecule has 0 bridgehead atoms. The van der Waals surface area contributed by atoms with Crippen molar-refractivity contribution < 1.29 is 0 Å². The van der Waals surface area contributed by atoms with Crippen molar-refractivity contribution in [1.82, 2.24) is 5.43 Å². The van der Waals surface area contributed by atoms with E-state index in [1.54, 1.807) is 0 Å². The molecule has 1 atom stereocenters. The van der Waals surface area contributed by atoms with E-state index in [1.807, 2.05) is 25.1 Å². The summed E-state index contributed by atoms with van der Waals surface area (Å²) in [5, 5.41) is 0. The van der Waals surface area contributed by atoms with Crippen LogP contribution >= 0.6 is 15.9 Å². The van der Waals surface area contributed by atoms with Crippen molar-refractivity contribution in [1.29, 1.82) is 0 Å². The smallest absolute Gasteiger partial charge is 0.108 e. The van der Waals surface area contributed by atoms with Crippen molar-refractivity contribution in [2.45, 2.75) is 13.0 Å². The van der Waals surface area contributed by atoms with Crippen molar-refractivity contribution >= 4 is 15.9 Å². The summed E-state index contributed by atoms with van der Waals surface area (Å²) in [6, 6.07) is 5.74. The molecule has 3 N–H and O–H groups in total. The Morgan fingerprint density at radius 2 is 2.31 bits per heavy atom. The summed E-state index contributed by atoms with van der Waals surface area (Å²) in [5.41, 5.74) is 4.72. The first-order valence-electron chi connectivity index (χ1n) is 3.87. The Bertz CT molecular complexity index is 341. The summed E-state index contributed by atoms with van der Waals surface area (Å²) in [5.74, 6) is 7.89. The van der Waals surface area contributed by atoms with Crippen molar-refractivity contribution in [3.8, 4) is 12.3 Å². The first-order valence-corrected chi connectivity index (χ1v) is 4.66. The van der Waals surface area contributed by atoms with Gasteiger partial charge in [0.15, 0.2) is 0 Å². The third kappa shape index (κ3) is 2.31. The van der Waals surface area contributed by atoms with Gasteiger partial charge in [-0.25, -0.2) is 5.43 Å². The molecule has 1 rings (SSSR count). The number of terminal acetylenes is 1. The lowest BCUT2D eigenvalue weighted by Crippen LogP contribution is -2.27. The normalized spacial score (nSPS) is 12.2. The molecule has 0 aliphatic carbocycles. The number of benzene rings is 1. The predicted octanol–water partition coefficient (Wildman–Crippen LogP) is 1.90. The lowest BCUT2D eigenvalue weighted by molar-refractivity contribution is 0.671. The molecule has 0 spiro atoms. The average molecular weight is 239 g/mol. The summed E-state index contributed by atoms with van der Waals surface area (Å²) in [6.07, 6.45) is 5.32. The highest BCUT2D eigenvalue weighted by molar-refractivity contribution is 9.10. The fourth-order valence-electron chi connectivity index (χ4n) is 1.11. The minimum absolute atomic E-state index is 0.241. The summed E-state index contributed by atoms with van der Waals surface area (Å²) in [4.78, 5) is 0.